The molecule has 27 heavy (non-hydrogen) atoms. The lowest BCUT2D eigenvalue weighted by Crippen LogP contribution is -2.36. The molecule has 2 N–H and O–H groups in total. The number of hydrogen-bond donors (Lipinski definition) is 2. The van der Waals surface area contributed by atoms with Crippen LogP contribution in [-0.4, -0.2) is 44.7 Å². The number of ether oxygens (including phenoxy) is 1. The first kappa shape index (κ1) is 21.3. The summed E-state index contributed by atoms with van der Waals surface area (Å²) in [6, 6.07) is 12.5. The monoisotopic (exact) mass is 388 g/mol. The molecular formula is C21H32N4OS. The molecule has 1 aromatic carbocycles. The number of aryl methyl sites for hydroxylation is 1. The van der Waals surface area contributed by atoms with E-state index in [-0.39, 0.29) is 0 Å². The minimum Gasteiger partial charge on any atom is -0.492 e. The zero-order chi connectivity index (χ0) is 19.5. The average Bonchev–Trinajstić information content (AvgIpc) is 3.13. The van der Waals surface area contributed by atoms with Crippen LogP contribution in [0.3, 0.4) is 0 Å². The molecule has 5 nitrogen and oxygen atoms in total. The summed E-state index contributed by atoms with van der Waals surface area (Å²) in [5.41, 5.74) is 1.10. The second kappa shape index (κ2) is 11.6. The fourth-order valence-corrected chi connectivity index (χ4v) is 3.40. The lowest BCUT2D eigenvalue weighted by atomic mass is 10.2. The van der Waals surface area contributed by atoms with Gasteiger partial charge in [-0.2, -0.15) is 0 Å². The van der Waals surface area contributed by atoms with Gasteiger partial charge < -0.3 is 20.3 Å². The first-order valence-electron chi connectivity index (χ1n) is 9.57. The third-order valence-electron chi connectivity index (χ3n) is 4.02. The van der Waals surface area contributed by atoms with Gasteiger partial charge in [-0.1, -0.05) is 25.1 Å². The van der Waals surface area contributed by atoms with Crippen molar-refractivity contribution >= 4 is 17.3 Å². The Labute approximate surface area is 167 Å². The summed E-state index contributed by atoms with van der Waals surface area (Å²) in [5.74, 6) is 1.73. The van der Waals surface area contributed by atoms with Gasteiger partial charge >= 0.3 is 0 Å². The zero-order valence-corrected chi connectivity index (χ0v) is 17.7. The maximum atomic E-state index is 5.93. The molecular weight excluding hydrogens is 356 g/mol. The zero-order valence-electron chi connectivity index (χ0n) is 16.9. The molecule has 0 spiro atoms. The van der Waals surface area contributed by atoms with Gasteiger partial charge in [0.2, 0.25) is 0 Å². The standard InChI is InChI=1S/C21H32N4OS/c1-5-18-11-12-19(27-18)16-24-21(22-6-2)23-15-17-9-7-8-10-20(17)26-14-13-25(3)4/h7-12H,5-6,13-16H2,1-4H3,(H2,22,23,24). The van der Waals surface area contributed by atoms with Crippen molar-refractivity contribution in [3.8, 4) is 5.75 Å². The molecule has 0 saturated heterocycles. The highest BCUT2D eigenvalue weighted by Gasteiger charge is 2.05. The average molecular weight is 389 g/mol. The van der Waals surface area contributed by atoms with E-state index < -0.39 is 0 Å². The SMILES string of the molecule is CCNC(=NCc1ccccc1OCCN(C)C)NCc1ccc(CC)s1. The number of benzene rings is 1. The number of guanidine groups is 1. The Morgan fingerprint density at radius 3 is 2.56 bits per heavy atom. The smallest absolute Gasteiger partial charge is 0.191 e. The Bertz CT molecular complexity index is 712. The van der Waals surface area contributed by atoms with Crippen molar-refractivity contribution in [3.05, 3.63) is 51.7 Å². The Morgan fingerprint density at radius 2 is 1.85 bits per heavy atom. The van der Waals surface area contributed by atoms with Crippen molar-refractivity contribution in [2.75, 3.05) is 33.8 Å². The minimum atomic E-state index is 0.581. The number of hydrogen-bond acceptors (Lipinski definition) is 4. The number of thiophene rings is 1. The van der Waals surface area contributed by atoms with E-state index in [0.29, 0.717) is 13.2 Å². The van der Waals surface area contributed by atoms with Gasteiger partial charge in [-0.05, 0) is 45.6 Å². The molecule has 2 aromatic rings. The predicted molar refractivity (Wildman–Crippen MR) is 116 cm³/mol. The maximum absolute atomic E-state index is 5.93. The number of likely N-dealkylation sites (N-methyl/N-ethyl adjacent to an activating group) is 1. The number of rotatable bonds is 10. The molecule has 1 heterocycles. The van der Waals surface area contributed by atoms with Crippen LogP contribution in [0.5, 0.6) is 5.75 Å². The van der Waals surface area contributed by atoms with Crippen molar-refractivity contribution in [1.29, 1.82) is 0 Å². The van der Waals surface area contributed by atoms with E-state index in [9.17, 15) is 0 Å². The first-order valence-corrected chi connectivity index (χ1v) is 10.4. The van der Waals surface area contributed by atoms with Crippen LogP contribution in [0.1, 0.15) is 29.2 Å². The molecule has 0 atom stereocenters. The lowest BCUT2D eigenvalue weighted by Gasteiger charge is -2.14. The molecule has 2 rings (SSSR count). The molecule has 0 aliphatic carbocycles. The molecule has 1 aromatic heterocycles. The van der Waals surface area contributed by atoms with Crippen LogP contribution in [0.15, 0.2) is 41.4 Å². The molecule has 0 aliphatic heterocycles. The molecule has 0 unspecified atom stereocenters. The Balaban J connectivity index is 1.97. The fraction of sp³-hybridized carbons (Fsp3) is 0.476. The van der Waals surface area contributed by atoms with Crippen LogP contribution < -0.4 is 15.4 Å². The fourth-order valence-electron chi connectivity index (χ4n) is 2.50. The van der Waals surface area contributed by atoms with Gasteiger partial charge in [-0.25, -0.2) is 4.99 Å². The molecule has 0 bridgehead atoms. The summed E-state index contributed by atoms with van der Waals surface area (Å²) in [5, 5.41) is 6.74. The van der Waals surface area contributed by atoms with Gasteiger partial charge in [-0.15, -0.1) is 11.3 Å². The van der Waals surface area contributed by atoms with E-state index in [0.717, 1.165) is 43.3 Å². The van der Waals surface area contributed by atoms with Gasteiger partial charge in [0, 0.05) is 28.4 Å². The quantitative estimate of drug-likeness (QED) is 0.483. The van der Waals surface area contributed by atoms with Crippen LogP contribution in [-0.2, 0) is 19.5 Å². The van der Waals surface area contributed by atoms with Crippen LogP contribution >= 0.6 is 11.3 Å². The second-order valence-electron chi connectivity index (χ2n) is 6.53. The molecule has 0 fully saturated rings. The molecule has 0 saturated carbocycles. The number of nitrogens with zero attached hydrogens (tertiary/aromatic N) is 2. The highest BCUT2D eigenvalue weighted by molar-refractivity contribution is 7.11. The molecule has 6 heteroatoms. The highest BCUT2D eigenvalue weighted by atomic mass is 32.1. The normalized spacial score (nSPS) is 11.7. The van der Waals surface area contributed by atoms with E-state index >= 15 is 0 Å². The van der Waals surface area contributed by atoms with Crippen molar-refractivity contribution in [2.45, 2.75) is 33.4 Å². The Hall–Kier alpha value is -2.05. The first-order chi connectivity index (χ1) is 13.1. The molecule has 0 radical (unpaired) electrons. The number of para-hydroxylation sites is 1. The van der Waals surface area contributed by atoms with Gasteiger partial charge in [0.05, 0.1) is 13.1 Å². The topological polar surface area (TPSA) is 48.9 Å². The van der Waals surface area contributed by atoms with Crippen LogP contribution in [0, 0.1) is 0 Å². The van der Waals surface area contributed by atoms with Crippen LogP contribution in [0.4, 0.5) is 0 Å². The van der Waals surface area contributed by atoms with Crippen molar-refractivity contribution in [1.82, 2.24) is 15.5 Å². The third kappa shape index (κ3) is 7.61. The lowest BCUT2D eigenvalue weighted by molar-refractivity contribution is 0.259. The van der Waals surface area contributed by atoms with Crippen molar-refractivity contribution in [2.24, 2.45) is 4.99 Å². The Kier molecular flexibility index (Phi) is 9.15. The Morgan fingerprint density at radius 1 is 1.07 bits per heavy atom. The van der Waals surface area contributed by atoms with E-state index in [1.54, 1.807) is 0 Å². The van der Waals surface area contributed by atoms with Gasteiger partial charge in [0.15, 0.2) is 5.96 Å². The predicted octanol–water partition coefficient (Wildman–Crippen LogP) is 3.51. The number of aliphatic imine (C=N–C) groups is 1. The maximum Gasteiger partial charge on any atom is 0.191 e. The third-order valence-corrected chi connectivity index (χ3v) is 5.25. The van der Waals surface area contributed by atoms with Crippen molar-refractivity contribution in [3.63, 3.8) is 0 Å². The van der Waals surface area contributed by atoms with E-state index in [1.165, 1.54) is 9.75 Å². The summed E-state index contributed by atoms with van der Waals surface area (Å²) in [6.45, 7) is 8.03. The van der Waals surface area contributed by atoms with E-state index in [2.05, 4.69) is 47.6 Å². The summed E-state index contributed by atoms with van der Waals surface area (Å²) >= 11 is 1.85. The van der Waals surface area contributed by atoms with Gasteiger partial charge in [-0.3, -0.25) is 0 Å². The molecule has 0 amide bonds. The van der Waals surface area contributed by atoms with Gasteiger partial charge in [0.1, 0.15) is 12.4 Å². The van der Waals surface area contributed by atoms with Crippen LogP contribution in [0.2, 0.25) is 0 Å². The minimum absolute atomic E-state index is 0.581. The summed E-state index contributed by atoms with van der Waals surface area (Å²) < 4.78 is 5.93. The van der Waals surface area contributed by atoms with E-state index in [4.69, 9.17) is 9.73 Å². The van der Waals surface area contributed by atoms with E-state index in [1.807, 2.05) is 43.6 Å². The van der Waals surface area contributed by atoms with Crippen molar-refractivity contribution < 1.29 is 4.74 Å². The van der Waals surface area contributed by atoms with Gasteiger partial charge in [0.25, 0.3) is 0 Å². The summed E-state index contributed by atoms with van der Waals surface area (Å²) in [6.07, 6.45) is 1.09. The second-order valence-corrected chi connectivity index (χ2v) is 7.78. The van der Waals surface area contributed by atoms with Crippen LogP contribution in [0.25, 0.3) is 0 Å². The summed E-state index contributed by atoms with van der Waals surface area (Å²) in [7, 11) is 4.09. The molecule has 148 valence electrons. The molecule has 0 aliphatic rings. The summed E-state index contributed by atoms with van der Waals surface area (Å²) in [4.78, 5) is 9.59. The number of nitrogens with one attached hydrogen (secondary N) is 2. The highest BCUT2D eigenvalue weighted by Crippen LogP contribution is 2.19. The largest absolute Gasteiger partial charge is 0.492 e.